The minimum atomic E-state index is -0.663. The predicted octanol–water partition coefficient (Wildman–Crippen LogP) is 4.21. The van der Waals surface area contributed by atoms with Crippen LogP contribution in [-0.4, -0.2) is 58.7 Å². The van der Waals surface area contributed by atoms with Gasteiger partial charge in [0.05, 0.1) is 12.1 Å². The Bertz CT molecular complexity index is 1340. The van der Waals surface area contributed by atoms with Gasteiger partial charge in [-0.3, -0.25) is 4.79 Å². The third-order valence-corrected chi connectivity index (χ3v) is 6.34. The van der Waals surface area contributed by atoms with Gasteiger partial charge >= 0.3 is 0 Å². The Morgan fingerprint density at radius 3 is 2.57 bits per heavy atom. The summed E-state index contributed by atoms with van der Waals surface area (Å²) in [7, 11) is 0. The summed E-state index contributed by atoms with van der Waals surface area (Å²) in [6, 6.07) is 11.9. The zero-order valence-corrected chi connectivity index (χ0v) is 20.3. The molecule has 7 nitrogen and oxygen atoms in total. The quantitative estimate of drug-likeness (QED) is 0.423. The average molecular weight is 494 g/mol. The summed E-state index contributed by atoms with van der Waals surface area (Å²) >= 11 is 6.55. The Morgan fingerprint density at radius 1 is 1.20 bits per heavy atom. The second-order valence-corrected chi connectivity index (χ2v) is 9.53. The molecule has 9 heteroatoms. The number of aliphatic hydroxyl groups is 1. The first kappa shape index (κ1) is 24.6. The summed E-state index contributed by atoms with van der Waals surface area (Å²) < 4.78 is 14.4. The van der Waals surface area contributed by atoms with Crippen LogP contribution in [0.15, 0.2) is 54.4 Å². The number of aromatic nitrogens is 2. The first-order valence-corrected chi connectivity index (χ1v) is 11.6. The van der Waals surface area contributed by atoms with Crippen molar-refractivity contribution in [3.8, 4) is 17.2 Å². The van der Waals surface area contributed by atoms with Crippen LogP contribution in [0.5, 0.6) is 0 Å². The van der Waals surface area contributed by atoms with Gasteiger partial charge in [0.25, 0.3) is 5.91 Å². The number of halogens is 2. The first-order valence-electron chi connectivity index (χ1n) is 11.2. The lowest BCUT2D eigenvalue weighted by Crippen LogP contribution is -2.49. The lowest BCUT2D eigenvalue weighted by molar-refractivity contribution is -0.127. The van der Waals surface area contributed by atoms with Gasteiger partial charge < -0.3 is 14.9 Å². The van der Waals surface area contributed by atoms with E-state index in [2.05, 4.69) is 9.97 Å². The van der Waals surface area contributed by atoms with Crippen LogP contribution >= 0.6 is 11.6 Å². The van der Waals surface area contributed by atoms with E-state index in [0.717, 1.165) is 5.39 Å². The number of aliphatic hydroxyl groups excluding tert-OH is 1. The van der Waals surface area contributed by atoms with Gasteiger partial charge in [0.1, 0.15) is 29.6 Å². The van der Waals surface area contributed by atoms with E-state index in [4.69, 9.17) is 11.6 Å². The lowest BCUT2D eigenvalue weighted by atomic mass is 9.91. The molecular weight excluding hydrogens is 469 g/mol. The third kappa shape index (κ3) is 5.11. The number of rotatable bonds is 5. The van der Waals surface area contributed by atoms with Crippen molar-refractivity contribution in [2.45, 2.75) is 13.8 Å². The molecule has 1 aliphatic heterocycles. The normalized spacial score (nSPS) is 14.8. The van der Waals surface area contributed by atoms with Gasteiger partial charge in [0.15, 0.2) is 0 Å². The van der Waals surface area contributed by atoms with Gasteiger partial charge in [-0.15, -0.1) is 0 Å². The molecule has 0 bridgehead atoms. The molecule has 3 aromatic rings. The average Bonchev–Trinajstić information content (AvgIpc) is 2.87. The second kappa shape index (κ2) is 9.98. The summed E-state index contributed by atoms with van der Waals surface area (Å²) in [5.41, 5.74) is 0.953. The van der Waals surface area contributed by atoms with Gasteiger partial charge in [-0.2, -0.15) is 5.26 Å². The first-order chi connectivity index (χ1) is 16.7. The Labute approximate surface area is 208 Å². The van der Waals surface area contributed by atoms with Crippen LogP contribution < -0.4 is 4.90 Å². The highest BCUT2D eigenvalue weighted by atomic mass is 35.5. The van der Waals surface area contributed by atoms with Crippen LogP contribution in [0.2, 0.25) is 5.02 Å². The second-order valence-electron chi connectivity index (χ2n) is 9.12. The molecule has 180 valence electrons. The van der Waals surface area contributed by atoms with Gasteiger partial charge in [0.2, 0.25) is 0 Å². The van der Waals surface area contributed by atoms with Gasteiger partial charge in [-0.1, -0.05) is 49.7 Å². The molecule has 1 fully saturated rings. The number of hydrogen-bond donors (Lipinski definition) is 1. The van der Waals surface area contributed by atoms with Crippen molar-refractivity contribution in [1.29, 1.82) is 5.26 Å². The number of amides is 1. The largest absolute Gasteiger partial charge is 0.395 e. The third-order valence-electron chi connectivity index (χ3n) is 6.03. The summed E-state index contributed by atoms with van der Waals surface area (Å²) in [4.78, 5) is 25.4. The molecule has 1 aliphatic rings. The number of fused-ring (bicyclic) bond motifs is 1. The SMILES string of the molecule is CC(C)(/C=C(/C#N)C(=O)N1CCN(c2ncnc3cc(-c4ccccc4F)c(Cl)cc23)CC1)CO. The summed E-state index contributed by atoms with van der Waals surface area (Å²) in [6.45, 7) is 5.19. The fourth-order valence-electron chi connectivity index (χ4n) is 4.07. The topological polar surface area (TPSA) is 93.4 Å². The number of carbonyl (C=O) groups excluding carboxylic acids is 1. The molecule has 0 spiro atoms. The number of hydrogen-bond acceptors (Lipinski definition) is 6. The standard InChI is InChI=1S/C26H25ClFN5O2/c1-26(2,15-34)13-17(14-29)25(35)33-9-7-32(8-10-33)24-20-11-21(27)19(12-23(20)30-16-31-24)18-5-3-4-6-22(18)28/h3-6,11-13,16,34H,7-10,15H2,1-2H3/b17-13-. The maximum atomic E-state index is 14.4. The van der Waals surface area contributed by atoms with Crippen LogP contribution in [0.25, 0.3) is 22.0 Å². The maximum Gasteiger partial charge on any atom is 0.264 e. The molecule has 0 radical (unpaired) electrons. The van der Waals surface area contributed by atoms with E-state index in [-0.39, 0.29) is 23.9 Å². The molecule has 35 heavy (non-hydrogen) atoms. The summed E-state index contributed by atoms with van der Waals surface area (Å²) in [5, 5.41) is 20.1. The van der Waals surface area contributed by atoms with Crippen molar-refractivity contribution in [2.75, 3.05) is 37.7 Å². The van der Waals surface area contributed by atoms with Crippen molar-refractivity contribution in [3.63, 3.8) is 0 Å². The van der Waals surface area contributed by atoms with Crippen LogP contribution in [0, 0.1) is 22.6 Å². The molecule has 0 aliphatic carbocycles. The molecule has 0 saturated carbocycles. The maximum absolute atomic E-state index is 14.4. The van der Waals surface area contributed by atoms with Crippen molar-refractivity contribution in [1.82, 2.24) is 14.9 Å². The molecule has 1 amide bonds. The van der Waals surface area contributed by atoms with E-state index >= 15 is 0 Å². The predicted molar refractivity (Wildman–Crippen MR) is 133 cm³/mol. The molecular formula is C26H25ClFN5O2. The number of carbonyl (C=O) groups is 1. The zero-order chi connectivity index (χ0) is 25.2. The van der Waals surface area contributed by atoms with Crippen LogP contribution in [0.4, 0.5) is 10.2 Å². The van der Waals surface area contributed by atoms with Gasteiger partial charge in [-0.05, 0) is 18.2 Å². The van der Waals surface area contributed by atoms with E-state index < -0.39 is 5.41 Å². The van der Waals surface area contributed by atoms with Crippen LogP contribution in [0.1, 0.15) is 13.8 Å². The van der Waals surface area contributed by atoms with E-state index in [0.29, 0.717) is 53.7 Å². The highest BCUT2D eigenvalue weighted by Gasteiger charge is 2.27. The molecule has 1 aromatic heterocycles. The van der Waals surface area contributed by atoms with Gasteiger partial charge in [-0.25, -0.2) is 14.4 Å². The van der Waals surface area contributed by atoms with E-state index in [1.54, 1.807) is 49.1 Å². The highest BCUT2D eigenvalue weighted by molar-refractivity contribution is 6.34. The van der Waals surface area contributed by atoms with Crippen LogP contribution in [-0.2, 0) is 4.79 Å². The molecule has 4 rings (SSSR count). The van der Waals surface area contributed by atoms with Crippen molar-refractivity contribution in [2.24, 2.45) is 5.41 Å². The van der Waals surface area contributed by atoms with Gasteiger partial charge in [0, 0.05) is 53.1 Å². The molecule has 2 heterocycles. The van der Waals surface area contributed by atoms with Crippen LogP contribution in [0.3, 0.4) is 0 Å². The molecule has 1 saturated heterocycles. The van der Waals surface area contributed by atoms with Crippen molar-refractivity contribution < 1.29 is 14.3 Å². The molecule has 0 atom stereocenters. The van der Waals surface area contributed by atoms with Crippen molar-refractivity contribution >= 4 is 34.2 Å². The lowest BCUT2D eigenvalue weighted by Gasteiger charge is -2.36. The minimum Gasteiger partial charge on any atom is -0.395 e. The Hall–Kier alpha value is -3.54. The van der Waals surface area contributed by atoms with Crippen molar-refractivity contribution in [3.05, 3.63) is 65.2 Å². The summed E-state index contributed by atoms with van der Waals surface area (Å²) in [5.74, 6) is -0.0303. The number of piperazine rings is 1. The van der Waals surface area contributed by atoms with E-state index in [1.165, 1.54) is 18.5 Å². The minimum absolute atomic E-state index is 0.0254. The Balaban J connectivity index is 1.57. The fourth-order valence-corrected chi connectivity index (χ4v) is 4.34. The fraction of sp³-hybridized carbons (Fsp3) is 0.308. The van der Waals surface area contributed by atoms with E-state index in [9.17, 15) is 19.6 Å². The highest BCUT2D eigenvalue weighted by Crippen LogP contribution is 2.35. The Morgan fingerprint density at radius 2 is 1.91 bits per heavy atom. The Kier molecular flexibility index (Phi) is 7.01. The monoisotopic (exact) mass is 493 g/mol. The number of nitrogens with zero attached hydrogens (tertiary/aromatic N) is 5. The zero-order valence-electron chi connectivity index (χ0n) is 19.5. The number of anilines is 1. The molecule has 0 unspecified atom stereocenters. The van der Waals surface area contributed by atoms with E-state index in [1.807, 2.05) is 11.0 Å². The number of benzene rings is 2. The number of nitriles is 1. The molecule has 2 aromatic carbocycles. The summed E-state index contributed by atoms with van der Waals surface area (Å²) in [6.07, 6.45) is 2.98. The molecule has 1 N–H and O–H groups in total. The smallest absolute Gasteiger partial charge is 0.264 e.